The molecule has 2 N–H and O–H groups in total. The summed E-state index contributed by atoms with van der Waals surface area (Å²) >= 11 is 1.39. The van der Waals surface area contributed by atoms with Crippen LogP contribution in [-0.4, -0.2) is 42.5 Å². The van der Waals surface area contributed by atoms with Crippen LogP contribution in [0.4, 0.5) is 0 Å². The van der Waals surface area contributed by atoms with Crippen molar-refractivity contribution in [2.75, 3.05) is 19.5 Å². The number of benzene rings is 1. The molecular formula is C15H21NO4S. The molecular weight excluding hydrogens is 290 g/mol. The van der Waals surface area contributed by atoms with Crippen LogP contribution in [0.5, 0.6) is 0 Å². The normalized spacial score (nSPS) is 11.9. The minimum Gasteiger partial charge on any atom is -0.480 e. The largest absolute Gasteiger partial charge is 0.480 e. The van der Waals surface area contributed by atoms with Crippen molar-refractivity contribution < 1.29 is 19.4 Å². The molecule has 0 spiro atoms. The van der Waals surface area contributed by atoms with Crippen LogP contribution in [0.2, 0.25) is 0 Å². The molecule has 6 heteroatoms. The van der Waals surface area contributed by atoms with Crippen LogP contribution in [-0.2, 0) is 14.3 Å². The van der Waals surface area contributed by atoms with E-state index < -0.39 is 12.0 Å². The number of hydrogen-bond donors (Lipinski definition) is 2. The van der Waals surface area contributed by atoms with E-state index in [1.165, 1.54) is 11.8 Å². The smallest absolute Gasteiger partial charge is 0.326 e. The first-order chi connectivity index (χ1) is 10.0. The Labute approximate surface area is 129 Å². The molecule has 0 heterocycles. The van der Waals surface area contributed by atoms with E-state index in [0.29, 0.717) is 19.4 Å². The Hall–Kier alpha value is -1.53. The topological polar surface area (TPSA) is 75.6 Å². The lowest BCUT2D eigenvalue weighted by Crippen LogP contribution is -2.41. The maximum Gasteiger partial charge on any atom is 0.326 e. The molecule has 0 aliphatic carbocycles. The van der Waals surface area contributed by atoms with Crippen LogP contribution in [0.3, 0.4) is 0 Å². The van der Waals surface area contributed by atoms with E-state index in [-0.39, 0.29) is 11.7 Å². The number of methoxy groups -OCH3 is 1. The first-order valence-corrected chi connectivity index (χ1v) is 7.72. The number of hydrogen-bond acceptors (Lipinski definition) is 4. The van der Waals surface area contributed by atoms with Crippen molar-refractivity contribution in [3.8, 4) is 0 Å². The van der Waals surface area contributed by atoms with Crippen molar-refractivity contribution in [1.82, 2.24) is 5.32 Å². The molecule has 1 aromatic rings. The molecule has 5 nitrogen and oxygen atoms in total. The summed E-state index contributed by atoms with van der Waals surface area (Å²) in [4.78, 5) is 23.9. The second-order valence-corrected chi connectivity index (χ2v) is 5.74. The fourth-order valence-corrected chi connectivity index (χ4v) is 2.42. The molecule has 0 radical (unpaired) electrons. The Kier molecular flexibility index (Phi) is 7.85. The first kappa shape index (κ1) is 17.5. The van der Waals surface area contributed by atoms with Crippen LogP contribution < -0.4 is 5.32 Å². The first-order valence-electron chi connectivity index (χ1n) is 6.73. The lowest BCUT2D eigenvalue weighted by molar-refractivity contribution is -0.141. The van der Waals surface area contributed by atoms with Gasteiger partial charge in [0.05, 0.1) is 5.75 Å². The summed E-state index contributed by atoms with van der Waals surface area (Å²) in [5.41, 5.74) is 1.16. The highest BCUT2D eigenvalue weighted by molar-refractivity contribution is 8.00. The number of aliphatic carboxylic acids is 1. The predicted octanol–water partition coefficient (Wildman–Crippen LogP) is 2.08. The van der Waals surface area contributed by atoms with Gasteiger partial charge in [0.25, 0.3) is 0 Å². The van der Waals surface area contributed by atoms with E-state index >= 15 is 0 Å². The summed E-state index contributed by atoms with van der Waals surface area (Å²) in [7, 11) is 1.56. The van der Waals surface area contributed by atoms with Gasteiger partial charge in [-0.1, -0.05) is 17.7 Å². The SMILES string of the molecule is COCCCC(NC(=O)CSc1ccc(C)cc1)C(=O)O. The molecule has 1 unspecified atom stereocenters. The fourth-order valence-electron chi connectivity index (χ4n) is 1.71. The van der Waals surface area contributed by atoms with Crippen LogP contribution in [0, 0.1) is 6.92 Å². The third-order valence-corrected chi connectivity index (χ3v) is 3.88. The van der Waals surface area contributed by atoms with Crippen LogP contribution in [0.1, 0.15) is 18.4 Å². The Bertz CT molecular complexity index is 461. The molecule has 1 rings (SSSR count). The highest BCUT2D eigenvalue weighted by atomic mass is 32.2. The Morgan fingerprint density at radius 2 is 2.00 bits per heavy atom. The lowest BCUT2D eigenvalue weighted by atomic mass is 10.1. The van der Waals surface area contributed by atoms with Crippen molar-refractivity contribution in [1.29, 1.82) is 0 Å². The molecule has 0 aliphatic rings. The maximum absolute atomic E-state index is 11.8. The zero-order valence-electron chi connectivity index (χ0n) is 12.3. The zero-order chi connectivity index (χ0) is 15.7. The second kappa shape index (κ2) is 9.41. The molecule has 1 aromatic carbocycles. The molecule has 1 atom stereocenters. The van der Waals surface area contributed by atoms with Gasteiger partial charge in [-0.15, -0.1) is 11.8 Å². The van der Waals surface area contributed by atoms with Gasteiger partial charge in [-0.2, -0.15) is 0 Å². The Morgan fingerprint density at radius 1 is 1.33 bits per heavy atom. The molecule has 0 saturated heterocycles. The number of rotatable bonds is 9. The summed E-state index contributed by atoms with van der Waals surface area (Å²) in [6.07, 6.45) is 0.961. The molecule has 0 bridgehead atoms. The number of carbonyl (C=O) groups is 2. The molecule has 0 aromatic heterocycles. The van der Waals surface area contributed by atoms with Crippen molar-refractivity contribution in [2.45, 2.75) is 30.7 Å². The van der Waals surface area contributed by atoms with Crippen LogP contribution >= 0.6 is 11.8 Å². The quantitative estimate of drug-likeness (QED) is 0.539. The van der Waals surface area contributed by atoms with Crippen molar-refractivity contribution >= 4 is 23.6 Å². The van der Waals surface area contributed by atoms with Gasteiger partial charge >= 0.3 is 5.97 Å². The Morgan fingerprint density at radius 3 is 2.57 bits per heavy atom. The number of aryl methyl sites for hydroxylation is 1. The van der Waals surface area contributed by atoms with Gasteiger partial charge in [0.1, 0.15) is 6.04 Å². The van der Waals surface area contributed by atoms with E-state index in [2.05, 4.69) is 5.32 Å². The number of amides is 1. The van der Waals surface area contributed by atoms with Crippen molar-refractivity contribution in [2.24, 2.45) is 0 Å². The summed E-state index contributed by atoms with van der Waals surface area (Å²) in [5, 5.41) is 11.6. The molecule has 0 aliphatic heterocycles. The van der Waals surface area contributed by atoms with E-state index in [4.69, 9.17) is 9.84 Å². The summed E-state index contributed by atoms with van der Waals surface area (Å²) in [6, 6.07) is 6.99. The van der Waals surface area contributed by atoms with Crippen molar-refractivity contribution in [3.05, 3.63) is 29.8 Å². The van der Waals surface area contributed by atoms with Gasteiger partial charge in [0, 0.05) is 18.6 Å². The van der Waals surface area contributed by atoms with E-state index in [9.17, 15) is 9.59 Å². The van der Waals surface area contributed by atoms with Gasteiger partial charge in [-0.3, -0.25) is 4.79 Å². The Balaban J connectivity index is 2.39. The fraction of sp³-hybridized carbons (Fsp3) is 0.467. The molecule has 0 saturated carbocycles. The average molecular weight is 311 g/mol. The summed E-state index contributed by atoms with van der Waals surface area (Å²) < 4.78 is 4.88. The number of carboxylic acids is 1. The minimum atomic E-state index is -1.01. The molecule has 21 heavy (non-hydrogen) atoms. The molecule has 116 valence electrons. The standard InChI is InChI=1S/C15H21NO4S/c1-11-5-7-12(8-6-11)21-10-14(17)16-13(15(18)19)4-3-9-20-2/h5-8,13H,3-4,9-10H2,1-2H3,(H,16,17)(H,18,19). The number of carbonyl (C=O) groups excluding carboxylic acids is 1. The van der Waals surface area contributed by atoms with E-state index in [0.717, 1.165) is 10.5 Å². The lowest BCUT2D eigenvalue weighted by Gasteiger charge is -2.14. The monoisotopic (exact) mass is 311 g/mol. The zero-order valence-corrected chi connectivity index (χ0v) is 13.1. The minimum absolute atomic E-state index is 0.205. The van der Waals surface area contributed by atoms with E-state index in [1.54, 1.807) is 7.11 Å². The summed E-state index contributed by atoms with van der Waals surface area (Å²) in [5.74, 6) is -1.08. The highest BCUT2D eigenvalue weighted by Crippen LogP contribution is 2.17. The van der Waals surface area contributed by atoms with Gasteiger partial charge < -0.3 is 15.2 Å². The van der Waals surface area contributed by atoms with Gasteiger partial charge in [0.15, 0.2) is 0 Å². The number of nitrogens with one attached hydrogen (secondary N) is 1. The molecule has 1 amide bonds. The van der Waals surface area contributed by atoms with Gasteiger partial charge in [0.2, 0.25) is 5.91 Å². The highest BCUT2D eigenvalue weighted by Gasteiger charge is 2.19. The number of thioether (sulfide) groups is 1. The van der Waals surface area contributed by atoms with Crippen LogP contribution in [0.15, 0.2) is 29.2 Å². The predicted molar refractivity (Wildman–Crippen MR) is 82.6 cm³/mol. The maximum atomic E-state index is 11.8. The summed E-state index contributed by atoms with van der Waals surface area (Å²) in [6.45, 7) is 2.48. The average Bonchev–Trinajstić information content (AvgIpc) is 2.45. The number of carboxylic acid groups (broad SMARTS) is 1. The van der Waals surface area contributed by atoms with Crippen LogP contribution in [0.25, 0.3) is 0 Å². The van der Waals surface area contributed by atoms with E-state index in [1.807, 2.05) is 31.2 Å². The molecule has 0 fully saturated rings. The van der Waals surface area contributed by atoms with Gasteiger partial charge in [-0.05, 0) is 31.9 Å². The van der Waals surface area contributed by atoms with Gasteiger partial charge in [-0.25, -0.2) is 4.79 Å². The third kappa shape index (κ3) is 7.15. The third-order valence-electron chi connectivity index (χ3n) is 2.87. The second-order valence-electron chi connectivity index (χ2n) is 4.70. The van der Waals surface area contributed by atoms with Crippen molar-refractivity contribution in [3.63, 3.8) is 0 Å². The number of ether oxygens (including phenoxy) is 1.